The molecule has 0 heterocycles. The number of rotatable bonds is 4. The van der Waals surface area contributed by atoms with E-state index < -0.39 is 12.1 Å². The molecule has 0 radical (unpaired) electrons. The fraction of sp³-hybridized carbons (Fsp3) is 0.267. The summed E-state index contributed by atoms with van der Waals surface area (Å²) in [6.45, 7) is 2.94. The van der Waals surface area contributed by atoms with Gasteiger partial charge in [-0.25, -0.2) is 0 Å². The van der Waals surface area contributed by atoms with Crippen molar-refractivity contribution in [1.29, 1.82) is 0 Å². The first-order valence-corrected chi connectivity index (χ1v) is 5.24. The molecule has 0 saturated carbocycles. The minimum Gasteiger partial charge on any atom is -0.463 e. The second kappa shape index (κ2) is 11.1. The topological polar surface area (TPSA) is 46.5 Å². The molecule has 0 amide bonds. The maximum Gasteiger partial charge on any atom is 0.302 e. The van der Waals surface area contributed by atoms with E-state index in [1.54, 1.807) is 25.2 Å². The van der Waals surface area contributed by atoms with Crippen molar-refractivity contribution in [3.63, 3.8) is 0 Å². The Morgan fingerprint density at radius 1 is 1.28 bits per heavy atom. The maximum absolute atomic E-state index is 10.5. The average molecular weight is 242 g/mol. The van der Waals surface area contributed by atoms with Gasteiger partial charge in [0.25, 0.3) is 0 Å². The van der Waals surface area contributed by atoms with E-state index in [2.05, 4.69) is 40.3 Å². The number of carbonyl (C=O) groups is 1. The first kappa shape index (κ1) is 15.6. The molecule has 0 aliphatic carbocycles. The van der Waals surface area contributed by atoms with Crippen LogP contribution >= 0.6 is 0 Å². The van der Waals surface area contributed by atoms with E-state index in [0.29, 0.717) is 0 Å². The first-order chi connectivity index (χ1) is 8.66. The summed E-state index contributed by atoms with van der Waals surface area (Å²) in [6.07, 6.45) is 5.53. The van der Waals surface area contributed by atoms with Gasteiger partial charge in [0.2, 0.25) is 0 Å². The van der Waals surface area contributed by atoms with Crippen LogP contribution in [0.4, 0.5) is 0 Å². The second-order valence-corrected chi connectivity index (χ2v) is 3.01. The summed E-state index contributed by atoms with van der Waals surface area (Å²) in [4.78, 5) is 10.5. The molecule has 3 nitrogen and oxygen atoms in total. The third-order valence-corrected chi connectivity index (χ3v) is 1.47. The molecule has 0 bridgehead atoms. The minimum atomic E-state index is -0.814. The molecular weight excluding hydrogens is 228 g/mol. The number of esters is 1. The molecule has 0 aliphatic heterocycles. The van der Waals surface area contributed by atoms with Gasteiger partial charge in [0.1, 0.15) is 12.7 Å². The fourth-order valence-electron chi connectivity index (χ4n) is 0.757. The van der Waals surface area contributed by atoms with E-state index in [1.807, 2.05) is 0 Å². The van der Waals surface area contributed by atoms with Gasteiger partial charge in [-0.15, -0.1) is 0 Å². The van der Waals surface area contributed by atoms with Gasteiger partial charge in [-0.05, 0) is 36.7 Å². The number of aliphatic hydroxyl groups excluding tert-OH is 1. The molecule has 0 fully saturated rings. The fourth-order valence-corrected chi connectivity index (χ4v) is 0.757. The van der Waals surface area contributed by atoms with Gasteiger partial charge >= 0.3 is 5.97 Å². The predicted molar refractivity (Wildman–Crippen MR) is 69.9 cm³/mol. The Bertz CT molecular complexity index is 493. The Hall–Kier alpha value is -2.41. The monoisotopic (exact) mass is 242 g/mol. The van der Waals surface area contributed by atoms with E-state index in [9.17, 15) is 9.90 Å². The summed E-state index contributed by atoms with van der Waals surface area (Å²) in [6, 6.07) is 0. The van der Waals surface area contributed by atoms with E-state index in [4.69, 9.17) is 0 Å². The summed E-state index contributed by atoms with van der Waals surface area (Å²) in [5.41, 5.74) is 0. The summed E-state index contributed by atoms with van der Waals surface area (Å²) in [5.74, 6) is 15.1. The lowest BCUT2D eigenvalue weighted by Gasteiger charge is -2.03. The quantitative estimate of drug-likeness (QED) is 0.455. The van der Waals surface area contributed by atoms with Gasteiger partial charge in [0.15, 0.2) is 0 Å². The van der Waals surface area contributed by atoms with Crippen molar-refractivity contribution in [2.75, 3.05) is 6.61 Å². The molecule has 0 rings (SSSR count). The molecule has 0 aromatic heterocycles. The lowest BCUT2D eigenvalue weighted by atomic mass is 10.3. The molecule has 92 valence electrons. The molecular formula is C15H14O3. The zero-order valence-corrected chi connectivity index (χ0v) is 10.4. The van der Waals surface area contributed by atoms with Gasteiger partial charge in [0, 0.05) is 6.92 Å². The normalized spacial score (nSPS) is 10.6. The molecule has 3 heteroatoms. The van der Waals surface area contributed by atoms with Crippen LogP contribution in [0.3, 0.4) is 0 Å². The third-order valence-electron chi connectivity index (χ3n) is 1.47. The van der Waals surface area contributed by atoms with E-state index in [1.165, 1.54) is 13.0 Å². The van der Waals surface area contributed by atoms with Gasteiger partial charge < -0.3 is 9.84 Å². The van der Waals surface area contributed by atoms with Crippen molar-refractivity contribution < 1.29 is 14.6 Å². The molecule has 0 unspecified atom stereocenters. The highest BCUT2D eigenvalue weighted by Gasteiger charge is 1.99. The Kier molecular flexibility index (Phi) is 9.60. The van der Waals surface area contributed by atoms with E-state index in [0.717, 1.165) is 0 Å². The largest absolute Gasteiger partial charge is 0.463 e. The van der Waals surface area contributed by atoms with Crippen LogP contribution in [0, 0.1) is 35.5 Å². The Balaban J connectivity index is 3.97. The molecule has 1 atom stereocenters. The van der Waals surface area contributed by atoms with Crippen LogP contribution in [0.25, 0.3) is 0 Å². The zero-order chi connectivity index (χ0) is 13.6. The highest BCUT2D eigenvalue weighted by atomic mass is 16.5. The summed E-state index contributed by atoms with van der Waals surface area (Å²) < 4.78 is 4.61. The average Bonchev–Trinajstić information content (AvgIpc) is 2.34. The Labute approximate surface area is 108 Å². The van der Waals surface area contributed by atoms with Crippen LogP contribution < -0.4 is 0 Å². The molecule has 0 spiro atoms. The van der Waals surface area contributed by atoms with Gasteiger partial charge in [-0.1, -0.05) is 30.1 Å². The summed E-state index contributed by atoms with van der Waals surface area (Å²) in [5, 5.41) is 9.33. The van der Waals surface area contributed by atoms with Crippen LogP contribution in [-0.4, -0.2) is 23.8 Å². The molecule has 1 N–H and O–H groups in total. The zero-order valence-electron chi connectivity index (χ0n) is 10.4. The van der Waals surface area contributed by atoms with Crippen LogP contribution in [0.1, 0.15) is 13.8 Å². The second-order valence-electron chi connectivity index (χ2n) is 3.01. The molecule has 0 aliphatic rings. The highest BCUT2D eigenvalue weighted by molar-refractivity contribution is 5.65. The van der Waals surface area contributed by atoms with Crippen molar-refractivity contribution in [2.24, 2.45) is 0 Å². The number of carbonyl (C=O) groups excluding carboxylic acids is 1. The SMILES string of the molecule is CC#CC#CC#C/C=C\C=C\[C@H](O)COC(C)=O. The number of allylic oxidation sites excluding steroid dienone is 3. The number of hydrogen-bond donors (Lipinski definition) is 1. The van der Waals surface area contributed by atoms with Crippen molar-refractivity contribution in [3.8, 4) is 35.5 Å². The van der Waals surface area contributed by atoms with Crippen molar-refractivity contribution >= 4 is 5.97 Å². The number of aliphatic hydroxyl groups is 1. The van der Waals surface area contributed by atoms with Crippen molar-refractivity contribution in [2.45, 2.75) is 20.0 Å². The Morgan fingerprint density at radius 2 is 2.00 bits per heavy atom. The Morgan fingerprint density at radius 3 is 2.67 bits per heavy atom. The van der Waals surface area contributed by atoms with Gasteiger partial charge in [0.05, 0.1) is 0 Å². The number of ether oxygens (including phenoxy) is 1. The summed E-state index contributed by atoms with van der Waals surface area (Å²) in [7, 11) is 0. The standard InChI is InChI=1S/C15H14O3/c1-3-4-5-6-7-8-9-10-11-12-15(17)13-18-14(2)16/h9-12,15,17H,13H2,1-2H3/b10-9-,12-11+/t15-/m0/s1. The molecule has 0 saturated heterocycles. The summed E-state index contributed by atoms with van der Waals surface area (Å²) >= 11 is 0. The van der Waals surface area contributed by atoms with Crippen molar-refractivity contribution in [1.82, 2.24) is 0 Å². The van der Waals surface area contributed by atoms with Crippen LogP contribution in [0.2, 0.25) is 0 Å². The number of hydrogen-bond acceptors (Lipinski definition) is 3. The minimum absolute atomic E-state index is 0.0491. The first-order valence-electron chi connectivity index (χ1n) is 5.24. The third kappa shape index (κ3) is 11.7. The molecule has 0 aromatic rings. The molecule has 18 heavy (non-hydrogen) atoms. The lowest BCUT2D eigenvalue weighted by Crippen LogP contribution is -2.14. The van der Waals surface area contributed by atoms with Crippen LogP contribution in [0.5, 0.6) is 0 Å². The maximum atomic E-state index is 10.5. The van der Waals surface area contributed by atoms with E-state index >= 15 is 0 Å². The lowest BCUT2D eigenvalue weighted by molar-refractivity contribution is -0.143. The molecule has 0 aromatic carbocycles. The van der Waals surface area contributed by atoms with Crippen molar-refractivity contribution in [3.05, 3.63) is 24.3 Å². The van der Waals surface area contributed by atoms with Gasteiger partial charge in [-0.2, -0.15) is 0 Å². The highest BCUT2D eigenvalue weighted by Crippen LogP contribution is 1.89. The van der Waals surface area contributed by atoms with Crippen LogP contribution in [-0.2, 0) is 9.53 Å². The van der Waals surface area contributed by atoms with Crippen LogP contribution in [0.15, 0.2) is 24.3 Å². The predicted octanol–water partition coefficient (Wildman–Crippen LogP) is 1.05. The smallest absolute Gasteiger partial charge is 0.302 e. The van der Waals surface area contributed by atoms with Gasteiger partial charge in [-0.3, -0.25) is 4.79 Å². The van der Waals surface area contributed by atoms with E-state index in [-0.39, 0.29) is 6.61 Å².